The van der Waals surface area contributed by atoms with Crippen molar-refractivity contribution >= 4 is 11.7 Å². The molecule has 0 aromatic heterocycles. The first-order valence-corrected chi connectivity index (χ1v) is 4.97. The Labute approximate surface area is 108 Å². The Bertz CT molecular complexity index is 346. The van der Waals surface area contributed by atoms with E-state index in [4.69, 9.17) is 0 Å². The SMILES string of the molecule is COC(=O)C(C)Nc1c(C)cccc1C.[V]. The second-order valence-electron chi connectivity index (χ2n) is 3.66. The first-order chi connectivity index (χ1) is 7.06. The molecular formula is C12H17NO2V. The summed E-state index contributed by atoms with van der Waals surface area (Å²) in [5, 5.41) is 3.15. The second kappa shape index (κ2) is 6.61. The van der Waals surface area contributed by atoms with Crippen LogP contribution < -0.4 is 5.32 Å². The number of ether oxygens (including phenoxy) is 1. The predicted octanol–water partition coefficient (Wildman–Crippen LogP) is 2.27. The third-order valence-corrected chi connectivity index (χ3v) is 2.40. The van der Waals surface area contributed by atoms with Gasteiger partial charge in [0, 0.05) is 24.2 Å². The normalized spacial score (nSPS) is 11.2. The number of para-hydroxylation sites is 1. The number of aryl methyl sites for hydroxylation is 2. The van der Waals surface area contributed by atoms with Gasteiger partial charge in [-0.15, -0.1) is 0 Å². The number of hydrogen-bond donors (Lipinski definition) is 1. The maximum absolute atomic E-state index is 11.3. The topological polar surface area (TPSA) is 38.3 Å². The van der Waals surface area contributed by atoms with Gasteiger partial charge in [-0.2, -0.15) is 0 Å². The average Bonchev–Trinajstić information content (AvgIpc) is 2.22. The molecule has 87 valence electrons. The maximum Gasteiger partial charge on any atom is 0.327 e. The zero-order chi connectivity index (χ0) is 11.4. The third kappa shape index (κ3) is 3.58. The van der Waals surface area contributed by atoms with Crippen molar-refractivity contribution in [3.8, 4) is 0 Å². The molecule has 0 aliphatic heterocycles. The first kappa shape index (κ1) is 15.1. The molecule has 3 nitrogen and oxygen atoms in total. The summed E-state index contributed by atoms with van der Waals surface area (Å²) in [5.74, 6) is -0.252. The molecule has 0 fully saturated rings. The number of anilines is 1. The van der Waals surface area contributed by atoms with Crippen LogP contribution in [0.5, 0.6) is 0 Å². The number of nitrogens with one attached hydrogen (secondary N) is 1. The van der Waals surface area contributed by atoms with Gasteiger partial charge in [0.05, 0.1) is 7.11 Å². The quantitative estimate of drug-likeness (QED) is 0.845. The Hall–Kier alpha value is -0.926. The van der Waals surface area contributed by atoms with Gasteiger partial charge in [-0.1, -0.05) is 18.2 Å². The van der Waals surface area contributed by atoms with Gasteiger partial charge in [0.2, 0.25) is 0 Å². The first-order valence-electron chi connectivity index (χ1n) is 4.97. The van der Waals surface area contributed by atoms with E-state index in [1.165, 1.54) is 7.11 Å². The summed E-state index contributed by atoms with van der Waals surface area (Å²) < 4.78 is 4.66. The van der Waals surface area contributed by atoms with E-state index in [1.807, 2.05) is 32.0 Å². The van der Waals surface area contributed by atoms with E-state index in [9.17, 15) is 4.79 Å². The van der Waals surface area contributed by atoms with Crippen LogP contribution in [0.25, 0.3) is 0 Å². The third-order valence-electron chi connectivity index (χ3n) is 2.40. The fraction of sp³-hybridized carbons (Fsp3) is 0.417. The molecule has 4 heteroatoms. The zero-order valence-electron chi connectivity index (χ0n) is 10.1. The van der Waals surface area contributed by atoms with Crippen LogP contribution >= 0.6 is 0 Å². The van der Waals surface area contributed by atoms with Crippen LogP contribution in [0.4, 0.5) is 5.69 Å². The van der Waals surface area contributed by atoms with Crippen LogP contribution in [0.1, 0.15) is 18.1 Å². The molecule has 0 aliphatic carbocycles. The van der Waals surface area contributed by atoms with Crippen LogP contribution in [-0.2, 0) is 28.1 Å². The number of carbonyl (C=O) groups is 1. The molecule has 1 unspecified atom stereocenters. The largest absolute Gasteiger partial charge is 0.467 e. The van der Waals surface area contributed by atoms with Crippen LogP contribution in [-0.4, -0.2) is 19.1 Å². The van der Waals surface area contributed by atoms with Gasteiger partial charge in [-0.25, -0.2) is 4.79 Å². The molecule has 1 atom stereocenters. The van der Waals surface area contributed by atoms with Gasteiger partial charge >= 0.3 is 5.97 Å². The van der Waals surface area contributed by atoms with Crippen LogP contribution in [0.2, 0.25) is 0 Å². The van der Waals surface area contributed by atoms with Gasteiger partial charge < -0.3 is 10.1 Å². The smallest absolute Gasteiger partial charge is 0.327 e. The van der Waals surface area contributed by atoms with Crippen LogP contribution in [0.15, 0.2) is 18.2 Å². The summed E-state index contributed by atoms with van der Waals surface area (Å²) in [7, 11) is 1.39. The molecular weight excluding hydrogens is 241 g/mol. The van der Waals surface area contributed by atoms with E-state index in [2.05, 4.69) is 10.1 Å². The van der Waals surface area contributed by atoms with E-state index in [0.29, 0.717) is 0 Å². The molecule has 0 saturated carbocycles. The molecule has 0 aliphatic rings. The Morgan fingerprint density at radius 3 is 2.25 bits per heavy atom. The molecule has 0 bridgehead atoms. The maximum atomic E-state index is 11.3. The molecule has 0 saturated heterocycles. The van der Waals surface area contributed by atoms with Crippen molar-refractivity contribution in [2.24, 2.45) is 0 Å². The van der Waals surface area contributed by atoms with Crippen molar-refractivity contribution in [1.82, 2.24) is 0 Å². The van der Waals surface area contributed by atoms with E-state index in [0.717, 1.165) is 16.8 Å². The number of methoxy groups -OCH3 is 1. The number of esters is 1. The average molecular weight is 258 g/mol. The Morgan fingerprint density at radius 1 is 1.31 bits per heavy atom. The molecule has 1 aromatic carbocycles. The predicted molar refractivity (Wildman–Crippen MR) is 61.0 cm³/mol. The van der Waals surface area contributed by atoms with Gasteiger partial charge in [0.25, 0.3) is 0 Å². The summed E-state index contributed by atoms with van der Waals surface area (Å²) in [5.41, 5.74) is 3.27. The van der Waals surface area contributed by atoms with Gasteiger partial charge in [-0.05, 0) is 31.9 Å². The van der Waals surface area contributed by atoms with E-state index in [-0.39, 0.29) is 30.6 Å². The second-order valence-corrected chi connectivity index (χ2v) is 3.66. The molecule has 1 radical (unpaired) electrons. The molecule has 16 heavy (non-hydrogen) atoms. The Balaban J connectivity index is 0.00000225. The molecule has 1 N–H and O–H groups in total. The summed E-state index contributed by atoms with van der Waals surface area (Å²) in [6, 6.07) is 5.70. The van der Waals surface area contributed by atoms with Crippen molar-refractivity contribution in [3.63, 3.8) is 0 Å². The molecule has 1 aromatic rings. The van der Waals surface area contributed by atoms with Crippen molar-refractivity contribution in [1.29, 1.82) is 0 Å². The minimum absolute atomic E-state index is 0. The van der Waals surface area contributed by atoms with E-state index < -0.39 is 0 Å². The molecule has 0 amide bonds. The number of benzene rings is 1. The summed E-state index contributed by atoms with van der Waals surface area (Å²) in [6.45, 7) is 5.82. The number of hydrogen-bond acceptors (Lipinski definition) is 3. The van der Waals surface area contributed by atoms with Gasteiger partial charge in [-0.3, -0.25) is 0 Å². The van der Waals surface area contributed by atoms with Crippen LogP contribution in [0.3, 0.4) is 0 Å². The number of carbonyl (C=O) groups excluding carboxylic acids is 1. The molecule has 0 spiro atoms. The van der Waals surface area contributed by atoms with Crippen LogP contribution in [0, 0.1) is 13.8 Å². The fourth-order valence-electron chi connectivity index (χ4n) is 1.49. The van der Waals surface area contributed by atoms with Gasteiger partial charge in [0.1, 0.15) is 6.04 Å². The van der Waals surface area contributed by atoms with Crippen molar-refractivity contribution in [2.45, 2.75) is 26.8 Å². The Kier molecular flexibility index (Phi) is 6.23. The summed E-state index contributed by atoms with van der Waals surface area (Å²) >= 11 is 0. The van der Waals surface area contributed by atoms with Crippen molar-refractivity contribution < 1.29 is 28.1 Å². The summed E-state index contributed by atoms with van der Waals surface area (Å²) in [4.78, 5) is 11.3. The minimum Gasteiger partial charge on any atom is -0.467 e. The molecule has 1 rings (SSSR count). The fourth-order valence-corrected chi connectivity index (χ4v) is 1.49. The minimum atomic E-state index is -0.324. The van der Waals surface area contributed by atoms with Gasteiger partial charge in [0.15, 0.2) is 0 Å². The van der Waals surface area contributed by atoms with E-state index in [1.54, 1.807) is 6.92 Å². The van der Waals surface area contributed by atoms with Crippen molar-refractivity contribution in [3.05, 3.63) is 29.3 Å². The van der Waals surface area contributed by atoms with E-state index >= 15 is 0 Å². The number of rotatable bonds is 3. The molecule has 0 heterocycles. The monoisotopic (exact) mass is 258 g/mol. The zero-order valence-corrected chi connectivity index (χ0v) is 11.5. The Morgan fingerprint density at radius 2 is 1.81 bits per heavy atom. The van der Waals surface area contributed by atoms with Crippen molar-refractivity contribution in [2.75, 3.05) is 12.4 Å². The summed E-state index contributed by atoms with van der Waals surface area (Å²) in [6.07, 6.45) is 0. The standard InChI is InChI=1S/C12H17NO2.V/c1-8-6-5-7-9(2)11(8)13-10(3)12(14)15-4;/h5-7,10,13H,1-4H3;.